The van der Waals surface area contributed by atoms with E-state index in [2.05, 4.69) is 12.4 Å². The van der Waals surface area contributed by atoms with Crippen LogP contribution in [0.25, 0.3) is 0 Å². The maximum absolute atomic E-state index is 8.36. The lowest BCUT2D eigenvalue weighted by Crippen LogP contribution is -2.16. The molecule has 9 heavy (non-hydrogen) atoms. The molecule has 2 unspecified atom stereocenters. The Bertz CT molecular complexity index is 83.0. The van der Waals surface area contributed by atoms with Crippen molar-refractivity contribution < 1.29 is 5.21 Å². The van der Waals surface area contributed by atoms with Crippen LogP contribution < -0.4 is 5.48 Å². The highest BCUT2D eigenvalue weighted by atomic mass is 16.5. The van der Waals surface area contributed by atoms with Crippen molar-refractivity contribution in [3.8, 4) is 0 Å². The van der Waals surface area contributed by atoms with Gasteiger partial charge < -0.3 is 5.21 Å². The Kier molecular flexibility index (Phi) is 2.49. The second kappa shape index (κ2) is 3.18. The van der Waals surface area contributed by atoms with E-state index in [1.54, 1.807) is 0 Å². The molecule has 0 heterocycles. The molecule has 0 saturated heterocycles. The van der Waals surface area contributed by atoms with E-state index in [0.717, 1.165) is 18.4 Å². The SMILES string of the molecule is CC1CCC(CNO)C1. The monoisotopic (exact) mass is 129 g/mol. The van der Waals surface area contributed by atoms with Crippen LogP contribution in [0.1, 0.15) is 26.2 Å². The van der Waals surface area contributed by atoms with Gasteiger partial charge in [-0.05, 0) is 24.7 Å². The van der Waals surface area contributed by atoms with Gasteiger partial charge in [0, 0.05) is 6.54 Å². The molecule has 1 fully saturated rings. The summed E-state index contributed by atoms with van der Waals surface area (Å²) in [6.07, 6.45) is 3.91. The molecule has 1 aliphatic carbocycles. The summed E-state index contributed by atoms with van der Waals surface area (Å²) in [7, 11) is 0. The van der Waals surface area contributed by atoms with Crippen LogP contribution in [0.4, 0.5) is 0 Å². The van der Waals surface area contributed by atoms with E-state index in [1.165, 1.54) is 19.3 Å². The minimum absolute atomic E-state index is 0.727. The molecule has 0 aliphatic heterocycles. The minimum atomic E-state index is 0.727. The first-order valence-electron chi connectivity index (χ1n) is 3.70. The maximum Gasteiger partial charge on any atom is 0.0235 e. The van der Waals surface area contributed by atoms with Crippen molar-refractivity contribution in [3.05, 3.63) is 0 Å². The molecule has 0 radical (unpaired) electrons. The average Bonchev–Trinajstić information content (AvgIpc) is 2.17. The molecule has 2 atom stereocenters. The Morgan fingerprint density at radius 2 is 2.33 bits per heavy atom. The summed E-state index contributed by atoms with van der Waals surface area (Å²) < 4.78 is 0. The maximum atomic E-state index is 8.36. The summed E-state index contributed by atoms with van der Waals surface area (Å²) in [5.41, 5.74) is 2.23. The van der Waals surface area contributed by atoms with E-state index < -0.39 is 0 Å². The normalized spacial score (nSPS) is 35.3. The first kappa shape index (κ1) is 7.03. The lowest BCUT2D eigenvalue weighted by Gasteiger charge is -2.05. The molecule has 54 valence electrons. The number of rotatable bonds is 2. The van der Waals surface area contributed by atoms with Crippen LogP contribution in [0.3, 0.4) is 0 Å². The Morgan fingerprint density at radius 3 is 2.78 bits per heavy atom. The largest absolute Gasteiger partial charge is 0.317 e. The van der Waals surface area contributed by atoms with Gasteiger partial charge >= 0.3 is 0 Å². The standard InChI is InChI=1S/C7H15NO/c1-6-2-3-7(4-6)5-8-9/h6-9H,2-5H2,1H3. The third kappa shape index (κ3) is 1.95. The molecule has 0 aromatic heterocycles. The molecule has 0 aromatic rings. The predicted octanol–water partition coefficient (Wildman–Crippen LogP) is 1.40. The molecule has 1 rings (SSSR count). The van der Waals surface area contributed by atoms with Crippen LogP contribution in [-0.4, -0.2) is 11.8 Å². The third-order valence-electron chi connectivity index (χ3n) is 2.18. The first-order valence-corrected chi connectivity index (χ1v) is 3.70. The van der Waals surface area contributed by atoms with Crippen LogP contribution in [0, 0.1) is 11.8 Å². The van der Waals surface area contributed by atoms with Crippen molar-refractivity contribution in [2.75, 3.05) is 6.54 Å². The summed E-state index contributed by atoms with van der Waals surface area (Å²) in [5, 5.41) is 8.36. The fourth-order valence-corrected chi connectivity index (χ4v) is 1.64. The van der Waals surface area contributed by atoms with Crippen molar-refractivity contribution >= 4 is 0 Å². The molecule has 2 heteroatoms. The van der Waals surface area contributed by atoms with Crippen LogP contribution in [0.5, 0.6) is 0 Å². The number of hydroxylamine groups is 1. The summed E-state index contributed by atoms with van der Waals surface area (Å²) in [6, 6.07) is 0. The van der Waals surface area contributed by atoms with Crippen LogP contribution in [0.15, 0.2) is 0 Å². The molecule has 0 spiro atoms. The molecular formula is C7H15NO. The molecule has 0 aromatic carbocycles. The van der Waals surface area contributed by atoms with Gasteiger partial charge in [-0.15, -0.1) is 0 Å². The van der Waals surface area contributed by atoms with Crippen molar-refractivity contribution in [2.24, 2.45) is 11.8 Å². The summed E-state index contributed by atoms with van der Waals surface area (Å²) in [6.45, 7) is 3.06. The van der Waals surface area contributed by atoms with Gasteiger partial charge in [0.05, 0.1) is 0 Å². The van der Waals surface area contributed by atoms with Crippen molar-refractivity contribution in [3.63, 3.8) is 0 Å². The van der Waals surface area contributed by atoms with Gasteiger partial charge in [-0.2, -0.15) is 0 Å². The zero-order valence-corrected chi connectivity index (χ0v) is 5.93. The van der Waals surface area contributed by atoms with Crippen molar-refractivity contribution in [1.82, 2.24) is 5.48 Å². The fraction of sp³-hybridized carbons (Fsp3) is 1.00. The average molecular weight is 129 g/mol. The molecular weight excluding hydrogens is 114 g/mol. The van der Waals surface area contributed by atoms with E-state index in [4.69, 9.17) is 5.21 Å². The zero-order chi connectivity index (χ0) is 6.69. The molecule has 0 amide bonds. The minimum Gasteiger partial charge on any atom is -0.317 e. The molecule has 1 saturated carbocycles. The van der Waals surface area contributed by atoms with Crippen LogP contribution in [-0.2, 0) is 0 Å². The Morgan fingerprint density at radius 1 is 1.56 bits per heavy atom. The molecule has 1 aliphatic rings. The summed E-state index contributed by atoms with van der Waals surface area (Å²) in [4.78, 5) is 0. The van der Waals surface area contributed by atoms with E-state index in [1.807, 2.05) is 0 Å². The van der Waals surface area contributed by atoms with E-state index >= 15 is 0 Å². The van der Waals surface area contributed by atoms with Crippen LogP contribution in [0.2, 0.25) is 0 Å². The third-order valence-corrected chi connectivity index (χ3v) is 2.18. The Labute approximate surface area is 56.2 Å². The molecule has 2 N–H and O–H groups in total. The van der Waals surface area contributed by atoms with E-state index in [9.17, 15) is 0 Å². The van der Waals surface area contributed by atoms with E-state index in [-0.39, 0.29) is 0 Å². The molecule has 2 nitrogen and oxygen atoms in total. The van der Waals surface area contributed by atoms with Gasteiger partial charge in [-0.3, -0.25) is 0 Å². The highest BCUT2D eigenvalue weighted by molar-refractivity contribution is 4.72. The number of hydrogen-bond acceptors (Lipinski definition) is 2. The Hall–Kier alpha value is -0.0800. The number of nitrogens with one attached hydrogen (secondary N) is 1. The summed E-state index contributed by atoms with van der Waals surface area (Å²) in [5.74, 6) is 1.60. The van der Waals surface area contributed by atoms with Crippen LogP contribution >= 0.6 is 0 Å². The lowest BCUT2D eigenvalue weighted by atomic mass is 10.1. The van der Waals surface area contributed by atoms with E-state index in [0.29, 0.717) is 0 Å². The van der Waals surface area contributed by atoms with Crippen molar-refractivity contribution in [1.29, 1.82) is 0 Å². The van der Waals surface area contributed by atoms with Gasteiger partial charge in [0.2, 0.25) is 0 Å². The highest BCUT2D eigenvalue weighted by Crippen LogP contribution is 2.29. The second-order valence-electron chi connectivity index (χ2n) is 3.15. The second-order valence-corrected chi connectivity index (χ2v) is 3.15. The lowest BCUT2D eigenvalue weighted by molar-refractivity contribution is 0.149. The van der Waals surface area contributed by atoms with Crippen molar-refractivity contribution in [2.45, 2.75) is 26.2 Å². The van der Waals surface area contributed by atoms with Gasteiger partial charge in [0.1, 0.15) is 0 Å². The van der Waals surface area contributed by atoms with Gasteiger partial charge in [0.15, 0.2) is 0 Å². The predicted molar refractivity (Wildman–Crippen MR) is 36.3 cm³/mol. The summed E-state index contributed by atoms with van der Waals surface area (Å²) >= 11 is 0. The topological polar surface area (TPSA) is 32.3 Å². The quantitative estimate of drug-likeness (QED) is 0.552. The zero-order valence-electron chi connectivity index (χ0n) is 5.93. The molecule has 0 bridgehead atoms. The van der Waals surface area contributed by atoms with Gasteiger partial charge in [-0.25, -0.2) is 5.48 Å². The fourth-order valence-electron chi connectivity index (χ4n) is 1.64. The number of hydrogen-bond donors (Lipinski definition) is 2. The smallest absolute Gasteiger partial charge is 0.0235 e. The van der Waals surface area contributed by atoms with Gasteiger partial charge in [-0.1, -0.05) is 13.3 Å². The highest BCUT2D eigenvalue weighted by Gasteiger charge is 2.20. The Balaban J connectivity index is 2.14. The first-order chi connectivity index (χ1) is 4.33. The van der Waals surface area contributed by atoms with Gasteiger partial charge in [0.25, 0.3) is 0 Å².